The molecular weight excluding hydrogens is 302 g/mol. The number of hydrogen-bond acceptors (Lipinski definition) is 6. The Morgan fingerprint density at radius 1 is 1.29 bits per heavy atom. The molecule has 0 spiro atoms. The summed E-state index contributed by atoms with van der Waals surface area (Å²) >= 11 is 0. The Bertz CT molecular complexity index is 627. The molecule has 1 aromatic carbocycles. The van der Waals surface area contributed by atoms with E-state index in [0.29, 0.717) is 0 Å². The topological polar surface area (TPSA) is 113 Å². The Hall–Kier alpha value is -1.84. The van der Waals surface area contributed by atoms with Gasteiger partial charge in [-0.25, -0.2) is 13.2 Å². The predicted molar refractivity (Wildman–Crippen MR) is 73.4 cm³/mol. The lowest BCUT2D eigenvalue weighted by molar-refractivity contribution is 0.0692. The first-order valence-electron chi connectivity index (χ1n) is 5.86. The molecule has 0 aromatic heterocycles. The molecule has 0 radical (unpaired) electrons. The van der Waals surface area contributed by atoms with Crippen molar-refractivity contribution < 1.29 is 32.9 Å². The van der Waals surface area contributed by atoms with E-state index in [4.69, 9.17) is 19.7 Å². The van der Waals surface area contributed by atoms with E-state index in [1.54, 1.807) is 0 Å². The van der Waals surface area contributed by atoms with Gasteiger partial charge in [0, 0.05) is 19.7 Å². The molecule has 9 heteroatoms. The number of rotatable bonds is 7. The van der Waals surface area contributed by atoms with Crippen LogP contribution in [0.2, 0.25) is 0 Å². The van der Waals surface area contributed by atoms with Gasteiger partial charge >= 0.3 is 5.97 Å². The van der Waals surface area contributed by atoms with Gasteiger partial charge in [-0.3, -0.25) is 0 Å². The zero-order chi connectivity index (χ0) is 16.2. The second kappa shape index (κ2) is 6.74. The Morgan fingerprint density at radius 2 is 1.90 bits per heavy atom. The smallest absolute Gasteiger partial charge is 0.339 e. The fourth-order valence-electron chi connectivity index (χ4n) is 1.69. The van der Waals surface area contributed by atoms with E-state index in [1.807, 2.05) is 0 Å². The molecule has 2 N–H and O–H groups in total. The average molecular weight is 319 g/mol. The number of methoxy groups -OCH3 is 2. The van der Waals surface area contributed by atoms with Gasteiger partial charge in [0.2, 0.25) is 10.0 Å². The number of benzene rings is 1. The Labute approximate surface area is 122 Å². The van der Waals surface area contributed by atoms with E-state index in [2.05, 4.69) is 0 Å². The van der Waals surface area contributed by atoms with Crippen LogP contribution in [0, 0.1) is 0 Å². The van der Waals surface area contributed by atoms with Crippen molar-refractivity contribution in [1.82, 2.24) is 4.31 Å². The van der Waals surface area contributed by atoms with Crippen molar-refractivity contribution in [2.24, 2.45) is 0 Å². The number of hydrogen-bond donors (Lipinski definition) is 2. The van der Waals surface area contributed by atoms with Crippen LogP contribution in [-0.2, 0) is 10.0 Å². The van der Waals surface area contributed by atoms with Crippen molar-refractivity contribution in [2.45, 2.75) is 4.90 Å². The van der Waals surface area contributed by atoms with Crippen LogP contribution in [0.4, 0.5) is 0 Å². The zero-order valence-corrected chi connectivity index (χ0v) is 12.7. The van der Waals surface area contributed by atoms with Crippen molar-refractivity contribution in [3.63, 3.8) is 0 Å². The molecule has 0 bridgehead atoms. The first-order chi connectivity index (χ1) is 9.79. The number of carboxylic acids is 1. The molecule has 0 heterocycles. The summed E-state index contributed by atoms with van der Waals surface area (Å²) in [7, 11) is -0.124. The van der Waals surface area contributed by atoms with Crippen LogP contribution < -0.4 is 9.47 Å². The van der Waals surface area contributed by atoms with Crippen LogP contribution in [0.25, 0.3) is 0 Å². The molecule has 1 aromatic rings. The number of sulfonamides is 1. The summed E-state index contributed by atoms with van der Waals surface area (Å²) in [4.78, 5) is 11.0. The molecule has 0 saturated heterocycles. The van der Waals surface area contributed by atoms with E-state index in [0.717, 1.165) is 10.4 Å². The Kier molecular flexibility index (Phi) is 5.53. The van der Waals surface area contributed by atoms with E-state index in [1.165, 1.54) is 27.3 Å². The number of aliphatic hydroxyl groups is 1. The summed E-state index contributed by atoms with van der Waals surface area (Å²) in [6.07, 6.45) is 0. The highest BCUT2D eigenvalue weighted by molar-refractivity contribution is 7.89. The molecule has 1 rings (SSSR count). The van der Waals surface area contributed by atoms with E-state index < -0.39 is 16.0 Å². The molecule has 21 heavy (non-hydrogen) atoms. The minimum absolute atomic E-state index is 0.00614. The maximum atomic E-state index is 12.3. The van der Waals surface area contributed by atoms with Crippen LogP contribution >= 0.6 is 0 Å². The van der Waals surface area contributed by atoms with Gasteiger partial charge < -0.3 is 19.7 Å². The number of aromatic carboxylic acids is 1. The standard InChI is InChI=1S/C12H17NO7S/c1-13(4-5-14)21(17,18)8-6-9(12(15)16)11(20-3)10(7-8)19-2/h6-7,14H,4-5H2,1-3H3,(H,15,16). The highest BCUT2D eigenvalue weighted by atomic mass is 32.2. The number of ether oxygens (including phenoxy) is 2. The minimum atomic E-state index is -3.94. The third-order valence-electron chi connectivity index (χ3n) is 2.81. The molecule has 0 amide bonds. The molecule has 8 nitrogen and oxygen atoms in total. The second-order valence-electron chi connectivity index (χ2n) is 4.06. The number of aliphatic hydroxyl groups excluding tert-OH is 1. The van der Waals surface area contributed by atoms with Gasteiger partial charge in [0.1, 0.15) is 5.56 Å². The first kappa shape index (κ1) is 17.2. The summed E-state index contributed by atoms with van der Waals surface area (Å²) in [5, 5.41) is 18.0. The van der Waals surface area contributed by atoms with Crippen molar-refractivity contribution in [3.05, 3.63) is 17.7 Å². The largest absolute Gasteiger partial charge is 0.493 e. The molecule has 0 atom stereocenters. The van der Waals surface area contributed by atoms with Gasteiger partial charge in [0.05, 0.1) is 25.7 Å². The molecular formula is C12H17NO7S. The van der Waals surface area contributed by atoms with Crippen LogP contribution in [0.3, 0.4) is 0 Å². The van der Waals surface area contributed by atoms with E-state index in [-0.39, 0.29) is 35.1 Å². The van der Waals surface area contributed by atoms with Crippen LogP contribution in [0.15, 0.2) is 17.0 Å². The van der Waals surface area contributed by atoms with E-state index >= 15 is 0 Å². The van der Waals surface area contributed by atoms with Gasteiger partial charge in [0.25, 0.3) is 0 Å². The van der Waals surface area contributed by atoms with Crippen molar-refractivity contribution in [1.29, 1.82) is 0 Å². The van der Waals surface area contributed by atoms with Gasteiger partial charge in [-0.2, -0.15) is 4.31 Å². The first-order valence-corrected chi connectivity index (χ1v) is 7.30. The van der Waals surface area contributed by atoms with Crippen molar-refractivity contribution in [2.75, 3.05) is 34.4 Å². The van der Waals surface area contributed by atoms with Gasteiger partial charge in [-0.05, 0) is 6.07 Å². The molecule has 0 aliphatic heterocycles. The maximum Gasteiger partial charge on any atom is 0.339 e. The molecule has 0 unspecified atom stereocenters. The molecule has 118 valence electrons. The summed E-state index contributed by atoms with van der Waals surface area (Å²) in [6.45, 7) is -0.464. The zero-order valence-electron chi connectivity index (χ0n) is 11.9. The third-order valence-corrected chi connectivity index (χ3v) is 4.64. The quantitative estimate of drug-likeness (QED) is 0.728. The SMILES string of the molecule is COc1cc(S(=O)(=O)N(C)CCO)cc(C(=O)O)c1OC. The highest BCUT2D eigenvalue weighted by Crippen LogP contribution is 2.34. The van der Waals surface area contributed by atoms with Crippen LogP contribution in [0.5, 0.6) is 11.5 Å². The number of nitrogens with zero attached hydrogens (tertiary/aromatic N) is 1. The number of likely N-dealkylation sites (N-methyl/N-ethyl adjacent to an activating group) is 1. The lowest BCUT2D eigenvalue weighted by Crippen LogP contribution is -2.29. The van der Waals surface area contributed by atoms with Crippen molar-refractivity contribution >= 4 is 16.0 Å². The maximum absolute atomic E-state index is 12.3. The lowest BCUT2D eigenvalue weighted by Gasteiger charge is -2.18. The normalized spacial score (nSPS) is 11.5. The monoisotopic (exact) mass is 319 g/mol. The van der Waals surface area contributed by atoms with Crippen LogP contribution in [0.1, 0.15) is 10.4 Å². The lowest BCUT2D eigenvalue weighted by atomic mass is 10.2. The fourth-order valence-corrected chi connectivity index (χ4v) is 2.89. The predicted octanol–water partition coefficient (Wildman–Crippen LogP) is 0.0148. The Morgan fingerprint density at radius 3 is 2.33 bits per heavy atom. The van der Waals surface area contributed by atoms with Gasteiger partial charge in [0.15, 0.2) is 11.5 Å². The third kappa shape index (κ3) is 3.43. The molecule has 0 fully saturated rings. The number of carboxylic acid groups (broad SMARTS) is 1. The molecule has 0 aliphatic carbocycles. The second-order valence-corrected chi connectivity index (χ2v) is 6.11. The Balaban J connectivity index is 3.52. The highest BCUT2D eigenvalue weighted by Gasteiger charge is 2.26. The molecule has 0 saturated carbocycles. The van der Waals surface area contributed by atoms with E-state index in [9.17, 15) is 13.2 Å². The molecule has 0 aliphatic rings. The number of carbonyl (C=O) groups is 1. The fraction of sp³-hybridized carbons (Fsp3) is 0.417. The summed E-state index contributed by atoms with van der Waals surface area (Å²) < 4.78 is 35.4. The van der Waals surface area contributed by atoms with Crippen molar-refractivity contribution in [3.8, 4) is 11.5 Å². The van der Waals surface area contributed by atoms with Gasteiger partial charge in [-0.1, -0.05) is 0 Å². The summed E-state index contributed by atoms with van der Waals surface area (Å²) in [5.41, 5.74) is -0.326. The summed E-state index contributed by atoms with van der Waals surface area (Å²) in [5.74, 6) is -1.41. The van der Waals surface area contributed by atoms with Crippen LogP contribution in [-0.4, -0.2) is 63.3 Å². The average Bonchev–Trinajstić information content (AvgIpc) is 2.45. The van der Waals surface area contributed by atoms with Gasteiger partial charge in [-0.15, -0.1) is 0 Å². The minimum Gasteiger partial charge on any atom is -0.493 e. The summed E-state index contributed by atoms with van der Waals surface area (Å²) in [6, 6.07) is 2.17.